The minimum absolute atomic E-state index is 0. The van der Waals surface area contributed by atoms with Gasteiger partial charge in [0.1, 0.15) is 12.8 Å². The lowest BCUT2D eigenvalue weighted by Crippen LogP contribution is -2.29. The number of carbonyl (C=O) groups is 1. The number of oxazole rings is 1. The maximum absolute atomic E-state index is 12.2. The molecular formula is C20H24ClN5O2. The Morgan fingerprint density at radius 2 is 2.14 bits per heavy atom. The molecule has 0 radical (unpaired) electrons. The summed E-state index contributed by atoms with van der Waals surface area (Å²) < 4.78 is 7.18. The van der Waals surface area contributed by atoms with Crippen molar-refractivity contribution in [3.63, 3.8) is 0 Å². The van der Waals surface area contributed by atoms with Gasteiger partial charge in [0.15, 0.2) is 0 Å². The van der Waals surface area contributed by atoms with E-state index in [1.165, 1.54) is 6.42 Å². The summed E-state index contributed by atoms with van der Waals surface area (Å²) in [7, 11) is 0. The van der Waals surface area contributed by atoms with Crippen molar-refractivity contribution < 1.29 is 9.21 Å². The molecule has 148 valence electrons. The number of hydrogen-bond acceptors (Lipinski definition) is 5. The van der Waals surface area contributed by atoms with Crippen molar-refractivity contribution in [3.05, 3.63) is 60.2 Å². The van der Waals surface area contributed by atoms with E-state index in [-0.39, 0.29) is 24.9 Å². The summed E-state index contributed by atoms with van der Waals surface area (Å²) in [5, 5.41) is 10.8. The maximum atomic E-state index is 12.2. The Labute approximate surface area is 169 Å². The summed E-state index contributed by atoms with van der Waals surface area (Å²) in [5.74, 6) is 0.892. The lowest BCUT2D eigenvalue weighted by molar-refractivity contribution is -0.122. The molecule has 1 aromatic carbocycles. The van der Waals surface area contributed by atoms with Gasteiger partial charge in [0, 0.05) is 24.2 Å². The molecule has 2 aromatic heterocycles. The van der Waals surface area contributed by atoms with Crippen molar-refractivity contribution >= 4 is 18.3 Å². The highest BCUT2D eigenvalue weighted by Gasteiger charge is 2.18. The van der Waals surface area contributed by atoms with E-state index in [2.05, 4.69) is 20.7 Å². The van der Waals surface area contributed by atoms with Crippen LogP contribution in [0.5, 0.6) is 0 Å². The minimum atomic E-state index is -0.101. The molecule has 3 heterocycles. The van der Waals surface area contributed by atoms with Crippen molar-refractivity contribution in [2.45, 2.75) is 31.8 Å². The molecule has 1 aliphatic rings. The predicted molar refractivity (Wildman–Crippen MR) is 108 cm³/mol. The normalized spacial score (nSPS) is 16.4. The van der Waals surface area contributed by atoms with Crippen LogP contribution in [-0.2, 0) is 17.9 Å². The molecule has 0 aliphatic carbocycles. The SMILES string of the molecule is Cl.O=C(Cn1ccc(C2CCCNC2)n1)NCc1coc(-c2ccccc2)n1. The molecule has 1 unspecified atom stereocenters. The topological polar surface area (TPSA) is 85.0 Å². The van der Waals surface area contributed by atoms with Crippen LogP contribution in [0.3, 0.4) is 0 Å². The van der Waals surface area contributed by atoms with Crippen LogP contribution < -0.4 is 10.6 Å². The van der Waals surface area contributed by atoms with E-state index >= 15 is 0 Å². The zero-order chi connectivity index (χ0) is 18.5. The quantitative estimate of drug-likeness (QED) is 0.663. The highest BCUT2D eigenvalue weighted by atomic mass is 35.5. The molecule has 0 saturated carbocycles. The van der Waals surface area contributed by atoms with Crippen molar-refractivity contribution in [2.24, 2.45) is 0 Å². The Morgan fingerprint density at radius 3 is 2.93 bits per heavy atom. The third-order valence-electron chi connectivity index (χ3n) is 4.72. The summed E-state index contributed by atoms with van der Waals surface area (Å²) in [5.41, 5.74) is 2.66. The highest BCUT2D eigenvalue weighted by Crippen LogP contribution is 2.21. The van der Waals surface area contributed by atoms with Crippen LogP contribution in [-0.4, -0.2) is 33.8 Å². The fourth-order valence-electron chi connectivity index (χ4n) is 3.28. The molecule has 1 amide bonds. The third kappa shape index (κ3) is 4.99. The Hall–Kier alpha value is -2.64. The van der Waals surface area contributed by atoms with Crippen LogP contribution in [0.25, 0.3) is 11.5 Å². The zero-order valence-electron chi connectivity index (χ0n) is 15.5. The zero-order valence-corrected chi connectivity index (χ0v) is 16.3. The van der Waals surface area contributed by atoms with Gasteiger partial charge < -0.3 is 15.1 Å². The standard InChI is InChI=1S/C20H23N5O2.ClH/c26-19(13-25-10-8-18(24-25)16-7-4-9-21-11-16)22-12-17-14-27-20(23-17)15-5-2-1-3-6-15;/h1-3,5-6,8,10,14,16,21H,4,7,9,11-13H2,(H,22,26);1H. The molecule has 0 spiro atoms. The number of hydrogen-bond donors (Lipinski definition) is 2. The lowest BCUT2D eigenvalue weighted by Gasteiger charge is -2.20. The second-order valence-electron chi connectivity index (χ2n) is 6.77. The van der Waals surface area contributed by atoms with E-state index in [0.29, 0.717) is 24.0 Å². The number of carbonyl (C=O) groups excluding carboxylic acids is 1. The number of aromatic nitrogens is 3. The van der Waals surface area contributed by atoms with E-state index < -0.39 is 0 Å². The Morgan fingerprint density at radius 1 is 1.29 bits per heavy atom. The number of benzene rings is 1. The summed E-state index contributed by atoms with van der Waals surface area (Å²) in [6.07, 6.45) is 5.75. The number of nitrogens with zero attached hydrogens (tertiary/aromatic N) is 3. The van der Waals surface area contributed by atoms with Gasteiger partial charge in [0.05, 0.1) is 17.9 Å². The van der Waals surface area contributed by atoms with Crippen molar-refractivity contribution in [3.8, 4) is 11.5 Å². The van der Waals surface area contributed by atoms with Crippen molar-refractivity contribution in [1.29, 1.82) is 0 Å². The largest absolute Gasteiger partial charge is 0.444 e. The monoisotopic (exact) mass is 401 g/mol. The molecule has 7 nitrogen and oxygen atoms in total. The Kier molecular flexibility index (Phi) is 6.84. The molecule has 8 heteroatoms. The molecule has 4 rings (SSSR count). The predicted octanol–water partition coefficient (Wildman–Crippen LogP) is 2.74. The van der Waals surface area contributed by atoms with Crippen molar-refractivity contribution in [1.82, 2.24) is 25.4 Å². The van der Waals surface area contributed by atoms with Crippen LogP contribution in [0.2, 0.25) is 0 Å². The third-order valence-corrected chi connectivity index (χ3v) is 4.72. The molecule has 1 saturated heterocycles. The smallest absolute Gasteiger partial charge is 0.242 e. The number of halogens is 1. The van der Waals surface area contributed by atoms with Gasteiger partial charge in [-0.25, -0.2) is 4.98 Å². The van der Waals surface area contributed by atoms with Crippen LogP contribution >= 0.6 is 12.4 Å². The van der Waals surface area contributed by atoms with E-state index in [1.54, 1.807) is 10.9 Å². The van der Waals surface area contributed by atoms with E-state index in [9.17, 15) is 4.79 Å². The van der Waals surface area contributed by atoms with Gasteiger partial charge in [0.2, 0.25) is 11.8 Å². The molecule has 1 fully saturated rings. The summed E-state index contributed by atoms with van der Waals surface area (Å²) in [6, 6.07) is 11.7. The van der Waals surface area contributed by atoms with Gasteiger partial charge in [-0.05, 0) is 37.6 Å². The molecule has 28 heavy (non-hydrogen) atoms. The molecule has 2 N–H and O–H groups in total. The van der Waals surface area contributed by atoms with Crippen LogP contribution in [0.15, 0.2) is 53.3 Å². The number of piperidine rings is 1. The molecular weight excluding hydrogens is 378 g/mol. The van der Waals surface area contributed by atoms with E-state index in [4.69, 9.17) is 4.42 Å². The first kappa shape index (κ1) is 20.1. The van der Waals surface area contributed by atoms with Crippen molar-refractivity contribution in [2.75, 3.05) is 13.1 Å². The van der Waals surface area contributed by atoms with Gasteiger partial charge in [0.25, 0.3) is 0 Å². The van der Waals surface area contributed by atoms with Gasteiger partial charge in [-0.2, -0.15) is 5.10 Å². The van der Waals surface area contributed by atoms with Crippen LogP contribution in [0.4, 0.5) is 0 Å². The lowest BCUT2D eigenvalue weighted by atomic mass is 9.97. The summed E-state index contributed by atoms with van der Waals surface area (Å²) in [6.45, 7) is 2.56. The second kappa shape index (κ2) is 9.52. The first-order chi connectivity index (χ1) is 13.3. The van der Waals surface area contributed by atoms with E-state index in [0.717, 1.165) is 30.8 Å². The number of nitrogens with one attached hydrogen (secondary N) is 2. The Balaban J connectivity index is 0.00000225. The van der Waals surface area contributed by atoms with Crippen LogP contribution in [0.1, 0.15) is 30.1 Å². The first-order valence-corrected chi connectivity index (χ1v) is 9.28. The van der Waals surface area contributed by atoms with E-state index in [1.807, 2.05) is 42.6 Å². The van der Waals surface area contributed by atoms with Gasteiger partial charge in [-0.3, -0.25) is 9.48 Å². The fourth-order valence-corrected chi connectivity index (χ4v) is 3.28. The fraction of sp³-hybridized carbons (Fsp3) is 0.350. The molecule has 3 aromatic rings. The van der Waals surface area contributed by atoms with Gasteiger partial charge in [-0.1, -0.05) is 18.2 Å². The first-order valence-electron chi connectivity index (χ1n) is 9.28. The minimum Gasteiger partial charge on any atom is -0.444 e. The van der Waals surface area contributed by atoms with Crippen LogP contribution in [0, 0.1) is 0 Å². The maximum Gasteiger partial charge on any atom is 0.242 e. The summed E-state index contributed by atoms with van der Waals surface area (Å²) >= 11 is 0. The van der Waals surface area contributed by atoms with Gasteiger partial charge >= 0.3 is 0 Å². The number of amides is 1. The average Bonchev–Trinajstić information content (AvgIpc) is 3.37. The Bertz CT molecular complexity index is 887. The molecule has 1 atom stereocenters. The molecule has 0 bridgehead atoms. The van der Waals surface area contributed by atoms with Gasteiger partial charge in [-0.15, -0.1) is 12.4 Å². The second-order valence-corrected chi connectivity index (χ2v) is 6.77. The molecule has 1 aliphatic heterocycles. The summed E-state index contributed by atoms with van der Waals surface area (Å²) in [4.78, 5) is 16.6. The number of rotatable bonds is 6. The average molecular weight is 402 g/mol. The highest BCUT2D eigenvalue weighted by molar-refractivity contribution is 5.85.